The lowest BCUT2D eigenvalue weighted by Gasteiger charge is -2.30. The number of nitrogens with one attached hydrogen (secondary N) is 1. The van der Waals surface area contributed by atoms with Crippen molar-refractivity contribution in [3.8, 4) is 5.75 Å². The number of anilines is 1. The van der Waals surface area contributed by atoms with Gasteiger partial charge in [-0.15, -0.1) is 0 Å². The molecule has 4 rings (SSSR count). The van der Waals surface area contributed by atoms with Crippen LogP contribution in [0.5, 0.6) is 5.75 Å². The van der Waals surface area contributed by atoms with E-state index in [0.717, 1.165) is 46.8 Å². The second-order valence-corrected chi connectivity index (χ2v) is 7.35. The number of allylic oxidation sites excluding steroid dienone is 1. The number of rotatable bonds is 7. The second kappa shape index (κ2) is 8.61. The molecular formula is C24H27N3O3. The van der Waals surface area contributed by atoms with Crippen LogP contribution in [0.4, 0.5) is 5.95 Å². The summed E-state index contributed by atoms with van der Waals surface area (Å²) in [7, 11) is 0. The van der Waals surface area contributed by atoms with Gasteiger partial charge in [-0.2, -0.15) is 0 Å². The van der Waals surface area contributed by atoms with Crippen molar-refractivity contribution >= 4 is 23.0 Å². The highest BCUT2D eigenvalue weighted by molar-refractivity contribution is 5.94. The van der Waals surface area contributed by atoms with Crippen molar-refractivity contribution in [2.24, 2.45) is 0 Å². The fourth-order valence-corrected chi connectivity index (χ4v) is 3.83. The smallest absolute Gasteiger partial charge is 0.338 e. The summed E-state index contributed by atoms with van der Waals surface area (Å²) in [5.74, 6) is 1.23. The van der Waals surface area contributed by atoms with Crippen LogP contribution < -0.4 is 10.1 Å². The van der Waals surface area contributed by atoms with E-state index in [1.807, 2.05) is 62.4 Å². The number of imidazole rings is 1. The average molecular weight is 405 g/mol. The third-order valence-electron chi connectivity index (χ3n) is 5.29. The van der Waals surface area contributed by atoms with Gasteiger partial charge in [0.2, 0.25) is 5.95 Å². The first-order valence-electron chi connectivity index (χ1n) is 10.5. The molecule has 156 valence electrons. The fourth-order valence-electron chi connectivity index (χ4n) is 3.83. The van der Waals surface area contributed by atoms with E-state index in [1.54, 1.807) is 0 Å². The van der Waals surface area contributed by atoms with E-state index in [1.165, 1.54) is 0 Å². The zero-order valence-corrected chi connectivity index (χ0v) is 17.6. The number of para-hydroxylation sites is 2. The van der Waals surface area contributed by atoms with E-state index in [9.17, 15) is 4.79 Å². The van der Waals surface area contributed by atoms with Crippen molar-refractivity contribution in [1.29, 1.82) is 0 Å². The van der Waals surface area contributed by atoms with Crippen LogP contribution >= 0.6 is 0 Å². The van der Waals surface area contributed by atoms with Gasteiger partial charge in [0.15, 0.2) is 0 Å². The Kier molecular flexibility index (Phi) is 5.74. The molecule has 0 saturated heterocycles. The number of unbranched alkanes of at least 4 members (excludes halogenated alkanes) is 1. The van der Waals surface area contributed by atoms with E-state index in [2.05, 4.69) is 16.8 Å². The third-order valence-corrected chi connectivity index (χ3v) is 5.29. The molecule has 0 saturated carbocycles. The van der Waals surface area contributed by atoms with Crippen LogP contribution in [0.1, 0.15) is 45.2 Å². The van der Waals surface area contributed by atoms with Crippen molar-refractivity contribution in [2.45, 2.75) is 39.7 Å². The first kappa shape index (κ1) is 20.0. The Hall–Kier alpha value is -3.28. The minimum Gasteiger partial charge on any atom is -0.494 e. The predicted molar refractivity (Wildman–Crippen MR) is 118 cm³/mol. The number of nitrogens with zero attached hydrogens (tertiary/aromatic N) is 2. The van der Waals surface area contributed by atoms with Gasteiger partial charge in [0.25, 0.3) is 0 Å². The molecule has 6 heteroatoms. The Labute approximate surface area is 176 Å². The molecule has 1 atom stereocenters. The summed E-state index contributed by atoms with van der Waals surface area (Å²) in [6.07, 6.45) is 2.12. The molecule has 1 aliphatic rings. The van der Waals surface area contributed by atoms with Crippen molar-refractivity contribution < 1.29 is 14.3 Å². The van der Waals surface area contributed by atoms with E-state index in [-0.39, 0.29) is 12.0 Å². The lowest BCUT2D eigenvalue weighted by molar-refractivity contribution is -0.139. The maximum atomic E-state index is 12.9. The average Bonchev–Trinajstić information content (AvgIpc) is 3.11. The van der Waals surface area contributed by atoms with Crippen molar-refractivity contribution in [3.05, 3.63) is 65.4 Å². The summed E-state index contributed by atoms with van der Waals surface area (Å²) < 4.78 is 13.3. The van der Waals surface area contributed by atoms with Crippen LogP contribution in [0.3, 0.4) is 0 Å². The quantitative estimate of drug-likeness (QED) is 0.439. The van der Waals surface area contributed by atoms with Crippen LogP contribution in [0.2, 0.25) is 0 Å². The van der Waals surface area contributed by atoms with Gasteiger partial charge < -0.3 is 14.8 Å². The first-order valence-corrected chi connectivity index (χ1v) is 10.5. The van der Waals surface area contributed by atoms with Crippen molar-refractivity contribution in [3.63, 3.8) is 0 Å². The zero-order valence-electron chi connectivity index (χ0n) is 17.6. The number of fused-ring (bicyclic) bond motifs is 3. The summed E-state index contributed by atoms with van der Waals surface area (Å²) in [6.45, 7) is 6.88. The highest BCUT2D eigenvalue weighted by atomic mass is 16.5. The van der Waals surface area contributed by atoms with Gasteiger partial charge in [0.1, 0.15) is 5.75 Å². The molecule has 1 N–H and O–H groups in total. The second-order valence-electron chi connectivity index (χ2n) is 7.35. The Morgan fingerprint density at radius 1 is 1.13 bits per heavy atom. The minimum absolute atomic E-state index is 0.320. The minimum atomic E-state index is -0.336. The van der Waals surface area contributed by atoms with Crippen LogP contribution in [0.15, 0.2) is 59.8 Å². The number of aromatic nitrogens is 2. The Morgan fingerprint density at radius 2 is 1.90 bits per heavy atom. The summed E-state index contributed by atoms with van der Waals surface area (Å²) in [5.41, 5.74) is 4.16. The van der Waals surface area contributed by atoms with Crippen LogP contribution in [0, 0.1) is 0 Å². The highest BCUT2D eigenvalue weighted by Gasteiger charge is 2.34. The molecule has 1 aliphatic heterocycles. The molecule has 1 aromatic heterocycles. The molecule has 2 heterocycles. The largest absolute Gasteiger partial charge is 0.494 e. The zero-order chi connectivity index (χ0) is 21.1. The topological polar surface area (TPSA) is 65.4 Å². The maximum absolute atomic E-state index is 12.9. The SMILES string of the molecule is CCCCOc1ccc(C2C(C(=O)OCC)=C(C)Nc3nc4ccccc4n32)cc1. The van der Waals surface area contributed by atoms with Crippen molar-refractivity contribution in [2.75, 3.05) is 18.5 Å². The van der Waals surface area contributed by atoms with Crippen molar-refractivity contribution in [1.82, 2.24) is 9.55 Å². The summed E-state index contributed by atoms with van der Waals surface area (Å²) in [4.78, 5) is 17.7. The third kappa shape index (κ3) is 3.65. The summed E-state index contributed by atoms with van der Waals surface area (Å²) >= 11 is 0. The standard InChI is InChI=1S/C24H27N3O3/c1-4-6-15-30-18-13-11-17(12-14-18)22-21(23(28)29-5-2)16(3)25-24-26-19-9-7-8-10-20(19)27(22)24/h7-14,22H,4-6,15H2,1-3H3,(H,25,26). The van der Waals surface area contributed by atoms with Gasteiger partial charge in [0.05, 0.1) is 35.9 Å². The number of ether oxygens (including phenoxy) is 2. The predicted octanol–water partition coefficient (Wildman–Crippen LogP) is 5.07. The fraction of sp³-hybridized carbons (Fsp3) is 0.333. The molecule has 0 amide bonds. The van der Waals surface area contributed by atoms with Gasteiger partial charge in [-0.25, -0.2) is 9.78 Å². The Balaban J connectivity index is 1.80. The molecule has 2 aromatic carbocycles. The molecule has 0 aliphatic carbocycles. The molecular weight excluding hydrogens is 378 g/mol. The first-order chi connectivity index (χ1) is 14.6. The number of esters is 1. The van der Waals surface area contributed by atoms with Crippen LogP contribution in [-0.2, 0) is 9.53 Å². The van der Waals surface area contributed by atoms with Gasteiger partial charge in [-0.3, -0.25) is 4.57 Å². The molecule has 30 heavy (non-hydrogen) atoms. The lowest BCUT2D eigenvalue weighted by Crippen LogP contribution is -2.29. The molecule has 3 aromatic rings. The lowest BCUT2D eigenvalue weighted by atomic mass is 9.95. The highest BCUT2D eigenvalue weighted by Crippen LogP contribution is 2.39. The molecule has 6 nitrogen and oxygen atoms in total. The van der Waals surface area contributed by atoms with E-state index in [0.29, 0.717) is 18.8 Å². The number of carbonyl (C=O) groups excluding carboxylic acids is 1. The molecule has 0 fully saturated rings. The molecule has 0 bridgehead atoms. The number of carbonyl (C=O) groups is 1. The van der Waals surface area contributed by atoms with E-state index in [4.69, 9.17) is 14.5 Å². The van der Waals surface area contributed by atoms with Gasteiger partial charge in [-0.1, -0.05) is 37.6 Å². The van der Waals surface area contributed by atoms with Crippen LogP contribution in [0.25, 0.3) is 11.0 Å². The summed E-state index contributed by atoms with van der Waals surface area (Å²) in [6, 6.07) is 15.6. The Morgan fingerprint density at radius 3 is 2.63 bits per heavy atom. The summed E-state index contributed by atoms with van der Waals surface area (Å²) in [5, 5.41) is 3.29. The molecule has 0 spiro atoms. The molecule has 0 radical (unpaired) electrons. The molecule has 1 unspecified atom stereocenters. The maximum Gasteiger partial charge on any atom is 0.338 e. The monoisotopic (exact) mass is 405 g/mol. The Bertz CT molecular complexity index is 1080. The van der Waals surface area contributed by atoms with Crippen LogP contribution in [-0.4, -0.2) is 28.7 Å². The van der Waals surface area contributed by atoms with Gasteiger partial charge >= 0.3 is 5.97 Å². The number of hydrogen-bond donors (Lipinski definition) is 1. The van der Waals surface area contributed by atoms with E-state index >= 15 is 0 Å². The number of benzene rings is 2. The van der Waals surface area contributed by atoms with E-state index < -0.39 is 0 Å². The van der Waals surface area contributed by atoms with Gasteiger partial charge in [-0.05, 0) is 50.1 Å². The van der Waals surface area contributed by atoms with Gasteiger partial charge in [0, 0.05) is 5.70 Å². The normalized spacial score (nSPS) is 15.6. The number of hydrogen-bond acceptors (Lipinski definition) is 5.